The molecule has 1 aliphatic heterocycles. The molecule has 0 saturated carbocycles. The van der Waals surface area contributed by atoms with Gasteiger partial charge in [-0.3, -0.25) is 9.59 Å². The zero-order chi connectivity index (χ0) is 17.6. The zero-order valence-corrected chi connectivity index (χ0v) is 15.1. The third kappa shape index (κ3) is 4.93. The first-order valence-electron chi connectivity index (χ1n) is 7.77. The van der Waals surface area contributed by atoms with E-state index in [0.29, 0.717) is 21.6 Å². The monoisotopic (exact) mass is 374 g/mol. The first-order valence-corrected chi connectivity index (χ1v) is 9.87. The quantitative estimate of drug-likeness (QED) is 0.811. The van der Waals surface area contributed by atoms with Gasteiger partial charge in [-0.2, -0.15) is 0 Å². The van der Waals surface area contributed by atoms with E-state index in [2.05, 4.69) is 5.32 Å². The lowest BCUT2D eigenvalue weighted by atomic mass is 10.2. The van der Waals surface area contributed by atoms with Gasteiger partial charge >= 0.3 is 0 Å². The van der Waals surface area contributed by atoms with Crippen molar-refractivity contribution in [2.75, 3.05) is 23.4 Å². The molecule has 130 valence electrons. The number of hydrogen-bond acceptors (Lipinski definition) is 5. The number of anilines is 1. The van der Waals surface area contributed by atoms with E-state index in [1.807, 2.05) is 47.8 Å². The molecule has 1 fully saturated rings. The van der Waals surface area contributed by atoms with Crippen molar-refractivity contribution < 1.29 is 14.3 Å². The Morgan fingerprint density at radius 1 is 1.12 bits per heavy atom. The molecule has 2 aromatic carbocycles. The summed E-state index contributed by atoms with van der Waals surface area (Å²) in [5, 5.41) is 2.69. The highest BCUT2D eigenvalue weighted by molar-refractivity contribution is 8.19. The molecule has 0 radical (unpaired) electrons. The number of ether oxygens (including phenoxy) is 1. The maximum Gasteiger partial charge on any atom is 0.262 e. The van der Waals surface area contributed by atoms with Gasteiger partial charge in [-0.25, -0.2) is 0 Å². The molecule has 25 heavy (non-hydrogen) atoms. The highest BCUT2D eigenvalue weighted by atomic mass is 32.2. The maximum atomic E-state index is 12.0. The van der Waals surface area contributed by atoms with Crippen molar-refractivity contribution in [1.82, 2.24) is 0 Å². The van der Waals surface area contributed by atoms with E-state index < -0.39 is 5.91 Å². The van der Waals surface area contributed by atoms with Crippen LogP contribution in [0.25, 0.3) is 0 Å². The molecule has 0 aliphatic carbocycles. The number of nitrogens with one attached hydrogen (secondary N) is 1. The summed E-state index contributed by atoms with van der Waals surface area (Å²) < 4.78 is 6.01. The highest BCUT2D eigenvalue weighted by Gasteiger charge is 2.18. The van der Waals surface area contributed by atoms with E-state index in [1.54, 1.807) is 18.2 Å². The molecule has 0 atom stereocenters. The summed E-state index contributed by atoms with van der Waals surface area (Å²) in [4.78, 5) is 23.1. The average Bonchev–Trinajstić information content (AvgIpc) is 3.15. The summed E-state index contributed by atoms with van der Waals surface area (Å²) >= 11 is 3.90. The Labute approximate surface area is 154 Å². The predicted molar refractivity (Wildman–Crippen MR) is 103 cm³/mol. The van der Waals surface area contributed by atoms with Crippen LogP contribution in [0.4, 0.5) is 5.69 Å². The lowest BCUT2D eigenvalue weighted by Gasteiger charge is -2.11. The third-order valence-electron chi connectivity index (χ3n) is 3.57. The minimum atomic E-state index is -0.536. The molecular formula is C18H18N2O3S2. The van der Waals surface area contributed by atoms with E-state index in [4.69, 9.17) is 10.5 Å². The van der Waals surface area contributed by atoms with Gasteiger partial charge in [0.15, 0.2) is 6.61 Å². The molecule has 1 saturated heterocycles. The standard InChI is InChI=1S/C18H18N2O3S2/c19-17(22)13-2-1-3-14(10-13)20-16(21)11-23-15-6-4-12(5-7-15)18-24-8-9-25-18/h1-7,10,18H,8-9,11H2,(H2,19,22)(H,20,21). The van der Waals surface area contributed by atoms with Crippen molar-refractivity contribution in [2.45, 2.75) is 4.58 Å². The van der Waals surface area contributed by atoms with Gasteiger partial charge in [0, 0.05) is 22.8 Å². The summed E-state index contributed by atoms with van der Waals surface area (Å²) in [5.74, 6) is 2.19. The van der Waals surface area contributed by atoms with E-state index >= 15 is 0 Å². The van der Waals surface area contributed by atoms with E-state index in [9.17, 15) is 9.59 Å². The average molecular weight is 374 g/mol. The second kappa shape index (κ2) is 8.31. The summed E-state index contributed by atoms with van der Waals surface area (Å²) in [6, 6.07) is 14.3. The van der Waals surface area contributed by atoms with Crippen LogP contribution < -0.4 is 15.8 Å². The Morgan fingerprint density at radius 2 is 1.84 bits per heavy atom. The van der Waals surface area contributed by atoms with Crippen LogP contribution >= 0.6 is 23.5 Å². The van der Waals surface area contributed by atoms with Crippen LogP contribution in [0.3, 0.4) is 0 Å². The molecule has 2 amide bonds. The van der Waals surface area contributed by atoms with Crippen molar-refractivity contribution in [3.8, 4) is 5.75 Å². The number of carbonyl (C=O) groups excluding carboxylic acids is 2. The number of nitrogens with two attached hydrogens (primary N) is 1. The Hall–Kier alpha value is -2.12. The highest BCUT2D eigenvalue weighted by Crippen LogP contribution is 2.45. The molecular weight excluding hydrogens is 356 g/mol. The second-order valence-electron chi connectivity index (χ2n) is 5.42. The largest absolute Gasteiger partial charge is 0.484 e. The smallest absolute Gasteiger partial charge is 0.262 e. The topological polar surface area (TPSA) is 81.4 Å². The summed E-state index contributed by atoms with van der Waals surface area (Å²) in [7, 11) is 0. The molecule has 1 aliphatic rings. The van der Waals surface area contributed by atoms with Gasteiger partial charge in [0.2, 0.25) is 5.91 Å². The SMILES string of the molecule is NC(=O)c1cccc(NC(=O)COc2ccc(C3SCCS3)cc2)c1. The molecule has 0 spiro atoms. The Kier molecular flexibility index (Phi) is 5.88. The van der Waals surface area contributed by atoms with Gasteiger partial charge in [0.1, 0.15) is 5.75 Å². The molecule has 1 heterocycles. The van der Waals surface area contributed by atoms with Gasteiger partial charge in [-0.05, 0) is 35.9 Å². The molecule has 0 bridgehead atoms. The molecule has 5 nitrogen and oxygen atoms in total. The number of thioether (sulfide) groups is 2. The third-order valence-corrected chi connectivity index (χ3v) is 6.68. The van der Waals surface area contributed by atoms with E-state index in [1.165, 1.54) is 23.1 Å². The Bertz CT molecular complexity index is 759. The van der Waals surface area contributed by atoms with Crippen molar-refractivity contribution in [3.05, 3.63) is 59.7 Å². The van der Waals surface area contributed by atoms with Crippen molar-refractivity contribution in [1.29, 1.82) is 0 Å². The van der Waals surface area contributed by atoms with Crippen molar-refractivity contribution >= 4 is 41.0 Å². The van der Waals surface area contributed by atoms with Crippen molar-refractivity contribution in [2.24, 2.45) is 5.73 Å². The van der Waals surface area contributed by atoms with Crippen LogP contribution in [0.2, 0.25) is 0 Å². The molecule has 0 unspecified atom stereocenters. The minimum absolute atomic E-state index is 0.104. The summed E-state index contributed by atoms with van der Waals surface area (Å²) in [5.41, 5.74) is 7.35. The minimum Gasteiger partial charge on any atom is -0.484 e. The van der Waals surface area contributed by atoms with Crippen LogP contribution in [0.1, 0.15) is 20.5 Å². The number of amides is 2. The Morgan fingerprint density at radius 3 is 2.52 bits per heavy atom. The van der Waals surface area contributed by atoms with Gasteiger partial charge < -0.3 is 15.8 Å². The fourth-order valence-electron chi connectivity index (χ4n) is 2.37. The fraction of sp³-hybridized carbons (Fsp3) is 0.222. The van der Waals surface area contributed by atoms with E-state index in [-0.39, 0.29) is 12.5 Å². The molecule has 7 heteroatoms. The molecule has 0 aromatic heterocycles. The summed E-state index contributed by atoms with van der Waals surface area (Å²) in [6.45, 7) is -0.104. The number of primary amides is 1. The molecule has 3 N–H and O–H groups in total. The first kappa shape index (κ1) is 17.7. The van der Waals surface area contributed by atoms with Gasteiger partial charge in [-0.15, -0.1) is 23.5 Å². The summed E-state index contributed by atoms with van der Waals surface area (Å²) in [6.07, 6.45) is 0. The lowest BCUT2D eigenvalue weighted by molar-refractivity contribution is -0.118. The number of rotatable bonds is 6. The van der Waals surface area contributed by atoms with Gasteiger partial charge in [-0.1, -0.05) is 18.2 Å². The van der Waals surface area contributed by atoms with Crippen LogP contribution in [0, 0.1) is 0 Å². The fourth-order valence-corrected chi connectivity index (χ4v) is 5.23. The van der Waals surface area contributed by atoms with Gasteiger partial charge in [0.05, 0.1) is 4.58 Å². The van der Waals surface area contributed by atoms with Crippen LogP contribution in [0.15, 0.2) is 48.5 Å². The zero-order valence-electron chi connectivity index (χ0n) is 13.4. The maximum absolute atomic E-state index is 12.0. The van der Waals surface area contributed by atoms with Crippen molar-refractivity contribution in [3.63, 3.8) is 0 Å². The normalized spacial score (nSPS) is 14.2. The number of hydrogen-bond donors (Lipinski definition) is 2. The van der Waals surface area contributed by atoms with Crippen LogP contribution in [0.5, 0.6) is 5.75 Å². The van der Waals surface area contributed by atoms with Crippen LogP contribution in [-0.2, 0) is 4.79 Å². The Balaban J connectivity index is 1.52. The van der Waals surface area contributed by atoms with Gasteiger partial charge in [0.25, 0.3) is 5.91 Å². The second-order valence-corrected chi connectivity index (χ2v) is 8.15. The molecule has 3 rings (SSSR count). The first-order chi connectivity index (χ1) is 12.1. The molecule has 2 aromatic rings. The predicted octanol–water partition coefficient (Wildman–Crippen LogP) is 3.28. The number of benzene rings is 2. The lowest BCUT2D eigenvalue weighted by Crippen LogP contribution is -2.20. The van der Waals surface area contributed by atoms with E-state index in [0.717, 1.165) is 0 Å². The number of carbonyl (C=O) groups is 2. The van der Waals surface area contributed by atoms with Crippen LogP contribution in [-0.4, -0.2) is 29.9 Å².